The molecule has 3 heterocycles. The highest BCUT2D eigenvalue weighted by atomic mass is 16.2. The minimum atomic E-state index is -0.0978. The van der Waals surface area contributed by atoms with Gasteiger partial charge in [-0.05, 0) is 36.1 Å². The van der Waals surface area contributed by atoms with Crippen LogP contribution < -0.4 is 0 Å². The molecule has 1 fully saturated rings. The van der Waals surface area contributed by atoms with Gasteiger partial charge in [-0.25, -0.2) is 0 Å². The van der Waals surface area contributed by atoms with E-state index in [4.69, 9.17) is 0 Å². The summed E-state index contributed by atoms with van der Waals surface area (Å²) < 4.78 is 1.96. The van der Waals surface area contributed by atoms with Crippen molar-refractivity contribution >= 4 is 5.91 Å². The largest absolute Gasteiger partial charge is 0.340 e. The lowest BCUT2D eigenvalue weighted by Crippen LogP contribution is -2.35. The Morgan fingerprint density at radius 1 is 1.27 bits per heavy atom. The maximum absolute atomic E-state index is 13.0. The SMILES string of the molecule is CC(C)C(C(=O)N1CCC(n2cccn2)C1)c1ccncc1. The summed E-state index contributed by atoms with van der Waals surface area (Å²) in [6.45, 7) is 5.75. The van der Waals surface area contributed by atoms with Gasteiger partial charge in [0.05, 0.1) is 12.0 Å². The van der Waals surface area contributed by atoms with Gasteiger partial charge in [0.1, 0.15) is 0 Å². The zero-order chi connectivity index (χ0) is 15.5. The first kappa shape index (κ1) is 14.8. The minimum absolute atomic E-state index is 0.0978. The molecule has 22 heavy (non-hydrogen) atoms. The second-order valence-electron chi connectivity index (χ2n) is 6.22. The smallest absolute Gasteiger partial charge is 0.230 e. The number of hydrogen-bond acceptors (Lipinski definition) is 3. The van der Waals surface area contributed by atoms with Crippen LogP contribution >= 0.6 is 0 Å². The Morgan fingerprint density at radius 3 is 2.68 bits per heavy atom. The molecule has 1 saturated heterocycles. The zero-order valence-corrected chi connectivity index (χ0v) is 13.1. The van der Waals surface area contributed by atoms with Crippen LogP contribution in [0.3, 0.4) is 0 Å². The molecule has 0 N–H and O–H groups in total. The third kappa shape index (κ3) is 2.89. The second kappa shape index (κ2) is 6.30. The highest BCUT2D eigenvalue weighted by Crippen LogP contribution is 2.30. The van der Waals surface area contributed by atoms with Crippen LogP contribution in [0.4, 0.5) is 0 Å². The van der Waals surface area contributed by atoms with Crippen LogP contribution in [0, 0.1) is 5.92 Å². The lowest BCUT2D eigenvalue weighted by Gasteiger charge is -2.26. The molecule has 5 heteroatoms. The number of pyridine rings is 1. The summed E-state index contributed by atoms with van der Waals surface area (Å²) in [6, 6.07) is 6.12. The topological polar surface area (TPSA) is 51.0 Å². The van der Waals surface area contributed by atoms with Gasteiger partial charge >= 0.3 is 0 Å². The van der Waals surface area contributed by atoms with Crippen LogP contribution in [-0.2, 0) is 4.79 Å². The fourth-order valence-electron chi connectivity index (χ4n) is 3.23. The third-order valence-electron chi connectivity index (χ3n) is 4.37. The van der Waals surface area contributed by atoms with Crippen LogP contribution in [0.5, 0.6) is 0 Å². The van der Waals surface area contributed by atoms with Crippen molar-refractivity contribution in [1.29, 1.82) is 0 Å². The number of carbonyl (C=O) groups excluding carboxylic acids is 1. The first-order valence-corrected chi connectivity index (χ1v) is 7.84. The molecule has 3 rings (SSSR count). The van der Waals surface area contributed by atoms with E-state index in [0.29, 0.717) is 6.04 Å². The van der Waals surface area contributed by atoms with Crippen molar-refractivity contribution in [3.63, 3.8) is 0 Å². The zero-order valence-electron chi connectivity index (χ0n) is 13.1. The van der Waals surface area contributed by atoms with Gasteiger partial charge < -0.3 is 4.90 Å². The van der Waals surface area contributed by atoms with Crippen LogP contribution in [0.2, 0.25) is 0 Å². The molecule has 0 spiro atoms. The first-order valence-electron chi connectivity index (χ1n) is 7.84. The van der Waals surface area contributed by atoms with Gasteiger partial charge in [-0.15, -0.1) is 0 Å². The van der Waals surface area contributed by atoms with Gasteiger partial charge in [-0.2, -0.15) is 5.10 Å². The van der Waals surface area contributed by atoms with E-state index in [1.807, 2.05) is 34.0 Å². The van der Waals surface area contributed by atoms with Crippen LogP contribution in [0.15, 0.2) is 43.0 Å². The monoisotopic (exact) mass is 298 g/mol. The minimum Gasteiger partial charge on any atom is -0.340 e. The normalized spacial score (nSPS) is 19.6. The molecule has 0 aromatic carbocycles. The fraction of sp³-hybridized carbons (Fsp3) is 0.471. The van der Waals surface area contributed by atoms with E-state index in [-0.39, 0.29) is 17.7 Å². The molecule has 0 radical (unpaired) electrons. The summed E-state index contributed by atoms with van der Waals surface area (Å²) in [5.74, 6) is 0.383. The molecule has 1 aliphatic heterocycles. The summed E-state index contributed by atoms with van der Waals surface area (Å²) in [7, 11) is 0. The summed E-state index contributed by atoms with van der Waals surface area (Å²) in [6.07, 6.45) is 8.25. The number of rotatable bonds is 4. The number of aromatic nitrogens is 3. The molecule has 5 nitrogen and oxygen atoms in total. The molecule has 0 bridgehead atoms. The van der Waals surface area contributed by atoms with E-state index in [1.165, 1.54) is 0 Å². The molecule has 2 atom stereocenters. The Morgan fingerprint density at radius 2 is 2.05 bits per heavy atom. The maximum atomic E-state index is 13.0. The molecular weight excluding hydrogens is 276 g/mol. The molecule has 1 aliphatic rings. The third-order valence-corrected chi connectivity index (χ3v) is 4.37. The Balaban J connectivity index is 1.75. The standard InChI is InChI=1S/C17H22N4O/c1-13(2)16(14-4-8-18-9-5-14)17(22)20-11-6-15(12-20)21-10-3-7-19-21/h3-5,7-10,13,15-16H,6,11-12H2,1-2H3. The van der Waals surface area contributed by atoms with Crippen LogP contribution in [0.25, 0.3) is 0 Å². The van der Waals surface area contributed by atoms with Crippen LogP contribution in [0.1, 0.15) is 37.8 Å². The summed E-state index contributed by atoms with van der Waals surface area (Å²) in [5, 5.41) is 4.30. The number of likely N-dealkylation sites (tertiary alicyclic amines) is 1. The van der Waals surface area contributed by atoms with E-state index < -0.39 is 0 Å². The van der Waals surface area contributed by atoms with Gasteiger partial charge in [-0.1, -0.05) is 13.8 Å². The molecule has 0 saturated carbocycles. The number of nitrogens with zero attached hydrogens (tertiary/aromatic N) is 4. The van der Waals surface area contributed by atoms with E-state index >= 15 is 0 Å². The fourth-order valence-corrected chi connectivity index (χ4v) is 3.23. The predicted octanol–water partition coefficient (Wildman–Crippen LogP) is 2.49. The molecule has 2 unspecified atom stereocenters. The quantitative estimate of drug-likeness (QED) is 0.871. The molecule has 1 amide bonds. The highest BCUT2D eigenvalue weighted by Gasteiger charge is 2.33. The Bertz CT molecular complexity index is 609. The summed E-state index contributed by atoms with van der Waals surface area (Å²) >= 11 is 0. The molecule has 2 aromatic rings. The van der Waals surface area contributed by atoms with Crippen molar-refractivity contribution < 1.29 is 4.79 Å². The van der Waals surface area contributed by atoms with E-state index in [9.17, 15) is 4.79 Å². The Kier molecular flexibility index (Phi) is 4.22. The van der Waals surface area contributed by atoms with Gasteiger partial charge in [-0.3, -0.25) is 14.5 Å². The number of amides is 1. The van der Waals surface area contributed by atoms with Crippen molar-refractivity contribution in [3.05, 3.63) is 48.5 Å². The Labute approximate surface area is 131 Å². The van der Waals surface area contributed by atoms with Crippen molar-refractivity contribution in [2.24, 2.45) is 5.92 Å². The Hall–Kier alpha value is -2.17. The summed E-state index contributed by atoms with van der Waals surface area (Å²) in [4.78, 5) is 19.0. The molecular formula is C17H22N4O. The van der Waals surface area contributed by atoms with E-state index in [1.54, 1.807) is 18.6 Å². The average molecular weight is 298 g/mol. The van der Waals surface area contributed by atoms with Crippen molar-refractivity contribution in [1.82, 2.24) is 19.7 Å². The first-order chi connectivity index (χ1) is 10.7. The van der Waals surface area contributed by atoms with Crippen molar-refractivity contribution in [2.45, 2.75) is 32.2 Å². The predicted molar refractivity (Wildman–Crippen MR) is 84.3 cm³/mol. The highest BCUT2D eigenvalue weighted by molar-refractivity contribution is 5.84. The lowest BCUT2D eigenvalue weighted by atomic mass is 9.88. The maximum Gasteiger partial charge on any atom is 0.230 e. The van der Waals surface area contributed by atoms with Crippen LogP contribution in [-0.4, -0.2) is 38.7 Å². The summed E-state index contributed by atoms with van der Waals surface area (Å²) in [5.41, 5.74) is 1.05. The van der Waals surface area contributed by atoms with Crippen molar-refractivity contribution in [3.8, 4) is 0 Å². The van der Waals surface area contributed by atoms with Gasteiger partial charge in [0, 0.05) is 37.9 Å². The lowest BCUT2D eigenvalue weighted by molar-refractivity contribution is -0.132. The molecule has 2 aromatic heterocycles. The molecule has 0 aliphatic carbocycles. The van der Waals surface area contributed by atoms with E-state index in [2.05, 4.69) is 23.9 Å². The second-order valence-corrected chi connectivity index (χ2v) is 6.22. The van der Waals surface area contributed by atoms with Crippen molar-refractivity contribution in [2.75, 3.05) is 13.1 Å². The number of hydrogen-bond donors (Lipinski definition) is 0. The van der Waals surface area contributed by atoms with Gasteiger partial charge in [0.25, 0.3) is 0 Å². The molecule has 116 valence electrons. The number of carbonyl (C=O) groups is 1. The van der Waals surface area contributed by atoms with Gasteiger partial charge in [0.15, 0.2) is 0 Å². The van der Waals surface area contributed by atoms with Gasteiger partial charge in [0.2, 0.25) is 5.91 Å². The average Bonchev–Trinajstić information content (AvgIpc) is 3.19. The van der Waals surface area contributed by atoms with E-state index in [0.717, 1.165) is 25.1 Å².